The van der Waals surface area contributed by atoms with Crippen LogP contribution in [0.1, 0.15) is 42.9 Å². The van der Waals surface area contributed by atoms with Gasteiger partial charge in [-0.25, -0.2) is 4.79 Å². The first kappa shape index (κ1) is 22.4. The van der Waals surface area contributed by atoms with Gasteiger partial charge >= 0.3 is 5.97 Å². The highest BCUT2D eigenvalue weighted by atomic mass is 16.5. The highest BCUT2D eigenvalue weighted by Crippen LogP contribution is 2.44. The van der Waals surface area contributed by atoms with Gasteiger partial charge in [-0.15, -0.1) is 0 Å². The van der Waals surface area contributed by atoms with Gasteiger partial charge in [0.15, 0.2) is 11.5 Å². The number of aryl methyl sites for hydroxylation is 1. The van der Waals surface area contributed by atoms with E-state index < -0.39 is 11.9 Å². The first-order valence-corrected chi connectivity index (χ1v) is 10.4. The van der Waals surface area contributed by atoms with E-state index in [0.717, 1.165) is 16.7 Å². The fourth-order valence-electron chi connectivity index (χ4n) is 4.12. The quantitative estimate of drug-likeness (QED) is 0.619. The summed E-state index contributed by atoms with van der Waals surface area (Å²) in [7, 11) is 3.11. The first-order chi connectivity index (χ1) is 14.9. The van der Waals surface area contributed by atoms with E-state index in [4.69, 9.17) is 14.2 Å². The monoisotopic (exact) mass is 423 g/mol. The van der Waals surface area contributed by atoms with Crippen molar-refractivity contribution in [2.75, 3.05) is 20.8 Å². The van der Waals surface area contributed by atoms with Crippen molar-refractivity contribution in [2.45, 2.75) is 39.7 Å². The average Bonchev–Trinajstić information content (AvgIpc) is 2.75. The smallest absolute Gasteiger partial charge is 0.336 e. The van der Waals surface area contributed by atoms with Crippen LogP contribution in [0.2, 0.25) is 0 Å². The van der Waals surface area contributed by atoms with Crippen molar-refractivity contribution >= 4 is 11.9 Å². The van der Waals surface area contributed by atoms with Crippen LogP contribution in [0, 0.1) is 6.92 Å². The molecule has 0 aromatic heterocycles. The fourth-order valence-corrected chi connectivity index (χ4v) is 4.12. The lowest BCUT2D eigenvalue weighted by molar-refractivity contribution is -0.140. The van der Waals surface area contributed by atoms with Crippen molar-refractivity contribution in [2.24, 2.45) is 0 Å². The molecule has 0 saturated carbocycles. The average molecular weight is 424 g/mol. The Labute approximate surface area is 183 Å². The maximum absolute atomic E-state index is 13.2. The zero-order valence-electron chi connectivity index (χ0n) is 18.7. The fraction of sp³-hybridized carbons (Fsp3) is 0.360. The molecule has 164 valence electrons. The Kier molecular flexibility index (Phi) is 7.00. The number of methoxy groups -OCH3 is 2. The molecule has 1 aliphatic heterocycles. The number of carbonyl (C=O) groups excluding carboxylic acids is 2. The molecule has 0 fully saturated rings. The number of carbonyl (C=O) groups is 2. The van der Waals surface area contributed by atoms with E-state index in [1.165, 1.54) is 0 Å². The lowest BCUT2D eigenvalue weighted by atomic mass is 9.83. The number of ether oxygens (including phenoxy) is 3. The number of benzene rings is 2. The third kappa shape index (κ3) is 4.58. The summed E-state index contributed by atoms with van der Waals surface area (Å²) in [6.45, 7) is 6.24. The van der Waals surface area contributed by atoms with Crippen LogP contribution >= 0.6 is 0 Å². The molecular formula is C25H29NO5. The summed E-state index contributed by atoms with van der Waals surface area (Å²) < 4.78 is 16.4. The minimum atomic E-state index is -0.481. The molecule has 0 radical (unpaired) electrons. The maximum Gasteiger partial charge on any atom is 0.336 e. The van der Waals surface area contributed by atoms with Crippen molar-refractivity contribution in [3.8, 4) is 11.5 Å². The molecule has 0 aliphatic carbocycles. The highest BCUT2D eigenvalue weighted by molar-refractivity contribution is 5.96. The second-order valence-corrected chi connectivity index (χ2v) is 7.53. The van der Waals surface area contributed by atoms with Crippen molar-refractivity contribution < 1.29 is 23.8 Å². The van der Waals surface area contributed by atoms with Gasteiger partial charge in [0, 0.05) is 23.6 Å². The summed E-state index contributed by atoms with van der Waals surface area (Å²) in [5.41, 5.74) is 3.93. The highest BCUT2D eigenvalue weighted by Gasteiger charge is 2.38. The number of nitrogens with zero attached hydrogens (tertiary/aromatic N) is 1. The minimum absolute atomic E-state index is 0.0538. The molecule has 6 nitrogen and oxygen atoms in total. The van der Waals surface area contributed by atoms with Crippen molar-refractivity contribution in [1.82, 2.24) is 4.90 Å². The molecule has 0 saturated heterocycles. The Morgan fingerprint density at radius 1 is 1.10 bits per heavy atom. The van der Waals surface area contributed by atoms with Gasteiger partial charge in [0.25, 0.3) is 0 Å². The molecule has 0 unspecified atom stereocenters. The number of rotatable bonds is 7. The summed E-state index contributed by atoms with van der Waals surface area (Å²) >= 11 is 0. The first-order valence-electron chi connectivity index (χ1n) is 10.4. The van der Waals surface area contributed by atoms with Crippen LogP contribution in [-0.4, -0.2) is 37.6 Å². The molecule has 31 heavy (non-hydrogen) atoms. The zero-order valence-corrected chi connectivity index (χ0v) is 18.7. The van der Waals surface area contributed by atoms with Gasteiger partial charge in [-0.05, 0) is 32.4 Å². The Bertz CT molecular complexity index is 1010. The topological polar surface area (TPSA) is 65.1 Å². The van der Waals surface area contributed by atoms with Crippen LogP contribution < -0.4 is 9.47 Å². The van der Waals surface area contributed by atoms with Crippen LogP contribution in [0.25, 0.3) is 0 Å². The summed E-state index contributed by atoms with van der Waals surface area (Å²) in [5, 5.41) is 0. The Morgan fingerprint density at radius 2 is 1.84 bits per heavy atom. The number of amides is 1. The predicted molar refractivity (Wildman–Crippen MR) is 118 cm³/mol. The maximum atomic E-state index is 13.2. The van der Waals surface area contributed by atoms with Gasteiger partial charge in [-0.2, -0.15) is 0 Å². The lowest BCUT2D eigenvalue weighted by Crippen LogP contribution is -2.38. The summed E-state index contributed by atoms with van der Waals surface area (Å²) in [6, 6.07) is 13.5. The van der Waals surface area contributed by atoms with Gasteiger partial charge in [-0.1, -0.05) is 42.0 Å². The molecule has 0 spiro atoms. The van der Waals surface area contributed by atoms with E-state index >= 15 is 0 Å². The SMILES string of the molecule is CCOC(=O)C1=C(C)N(Cc2cccc(C)c2)C(=O)C[C@@H]1c1cccc(OC)c1OC. The van der Waals surface area contributed by atoms with Crippen molar-refractivity contribution in [3.63, 3.8) is 0 Å². The van der Waals surface area contributed by atoms with Crippen LogP contribution in [0.4, 0.5) is 0 Å². The number of hydrogen-bond acceptors (Lipinski definition) is 5. The van der Waals surface area contributed by atoms with Gasteiger partial charge in [0.2, 0.25) is 5.91 Å². The van der Waals surface area contributed by atoms with E-state index in [2.05, 4.69) is 0 Å². The molecule has 1 amide bonds. The molecule has 1 aliphatic rings. The molecule has 1 atom stereocenters. The summed E-state index contributed by atoms with van der Waals surface area (Å²) in [5.74, 6) is 0.115. The summed E-state index contributed by atoms with van der Waals surface area (Å²) in [4.78, 5) is 27.9. The molecule has 0 N–H and O–H groups in total. The van der Waals surface area contributed by atoms with Crippen LogP contribution in [0.5, 0.6) is 11.5 Å². The zero-order chi connectivity index (χ0) is 22.5. The van der Waals surface area contributed by atoms with Gasteiger partial charge in [-0.3, -0.25) is 4.79 Å². The molecule has 0 bridgehead atoms. The van der Waals surface area contributed by atoms with Gasteiger partial charge in [0.05, 0.1) is 32.9 Å². The molecule has 6 heteroatoms. The Balaban J connectivity index is 2.10. The normalized spacial score (nSPS) is 16.4. The van der Waals surface area contributed by atoms with E-state index in [9.17, 15) is 9.59 Å². The van der Waals surface area contributed by atoms with E-state index in [1.54, 1.807) is 39.0 Å². The summed E-state index contributed by atoms with van der Waals surface area (Å²) in [6.07, 6.45) is 0.140. The Hall–Kier alpha value is -3.28. The second-order valence-electron chi connectivity index (χ2n) is 7.53. The molecular weight excluding hydrogens is 394 g/mol. The molecule has 3 rings (SSSR count). The number of hydrogen-bond donors (Lipinski definition) is 0. The van der Waals surface area contributed by atoms with E-state index in [1.807, 2.05) is 43.3 Å². The van der Waals surface area contributed by atoms with Crippen molar-refractivity contribution in [1.29, 1.82) is 0 Å². The molecule has 2 aromatic rings. The van der Waals surface area contributed by atoms with Crippen molar-refractivity contribution in [3.05, 3.63) is 70.4 Å². The second kappa shape index (κ2) is 9.69. The number of allylic oxidation sites excluding steroid dienone is 1. The molecule has 1 heterocycles. The number of para-hydroxylation sites is 1. The van der Waals surface area contributed by atoms with E-state index in [-0.39, 0.29) is 18.9 Å². The van der Waals surface area contributed by atoms with Crippen LogP contribution in [0.15, 0.2) is 53.7 Å². The predicted octanol–water partition coefficient (Wildman–Crippen LogP) is 4.37. The van der Waals surface area contributed by atoms with E-state index in [0.29, 0.717) is 29.3 Å². The minimum Gasteiger partial charge on any atom is -0.493 e. The Morgan fingerprint density at radius 3 is 2.48 bits per heavy atom. The third-order valence-corrected chi connectivity index (χ3v) is 5.55. The third-order valence-electron chi connectivity index (χ3n) is 5.55. The lowest BCUT2D eigenvalue weighted by Gasteiger charge is -2.35. The standard InChI is InChI=1S/C25H29NO5/c1-6-31-25(28)23-17(3)26(15-18-10-7-9-16(2)13-18)22(27)14-20(23)19-11-8-12-21(29-4)24(19)30-5/h7-13,20H,6,14-15H2,1-5H3/t20-/m1/s1. The van der Waals surface area contributed by atoms with Crippen LogP contribution in [-0.2, 0) is 20.9 Å². The number of esters is 1. The molecule has 2 aromatic carbocycles. The largest absolute Gasteiger partial charge is 0.493 e. The van der Waals surface area contributed by atoms with Crippen LogP contribution in [0.3, 0.4) is 0 Å². The van der Waals surface area contributed by atoms with Gasteiger partial charge in [0.1, 0.15) is 0 Å². The van der Waals surface area contributed by atoms with Gasteiger partial charge < -0.3 is 19.1 Å².